The average Bonchev–Trinajstić information content (AvgIpc) is 2.58. The molecule has 100 valence electrons. The lowest BCUT2D eigenvalue weighted by Gasteiger charge is -2.20. The molecule has 1 aliphatic rings. The molecule has 1 fully saturated rings. The fraction of sp³-hybridized carbons (Fsp3) is 0.500. The predicted molar refractivity (Wildman–Crippen MR) is 76.3 cm³/mol. The minimum Gasteiger partial charge on any atom is -0.207 e. The number of sulfonamides is 1. The molecule has 0 unspecified atom stereocenters. The summed E-state index contributed by atoms with van der Waals surface area (Å²) in [6.07, 6.45) is 0.875. The van der Waals surface area contributed by atoms with Crippen molar-refractivity contribution in [1.29, 1.82) is 0 Å². The van der Waals surface area contributed by atoms with Gasteiger partial charge in [-0.05, 0) is 30.0 Å². The highest BCUT2D eigenvalue weighted by molar-refractivity contribution is 9.10. The smallest absolute Gasteiger partial charge is 0.207 e. The van der Waals surface area contributed by atoms with Crippen LogP contribution in [0.1, 0.15) is 20.3 Å². The van der Waals surface area contributed by atoms with E-state index < -0.39 is 10.0 Å². The summed E-state index contributed by atoms with van der Waals surface area (Å²) in [5, 5.41) is 0.258. The maximum atomic E-state index is 12.5. The first-order chi connectivity index (χ1) is 8.22. The molecule has 3 nitrogen and oxygen atoms in total. The molecule has 0 radical (unpaired) electrons. The third-order valence-corrected chi connectivity index (χ3v) is 5.98. The largest absolute Gasteiger partial charge is 0.244 e. The third kappa shape index (κ3) is 2.74. The van der Waals surface area contributed by atoms with Gasteiger partial charge in [0.1, 0.15) is 4.90 Å². The van der Waals surface area contributed by atoms with Crippen LogP contribution in [-0.4, -0.2) is 25.8 Å². The first-order valence-corrected chi connectivity index (χ1v) is 8.29. The van der Waals surface area contributed by atoms with Crippen LogP contribution in [0.3, 0.4) is 0 Å². The van der Waals surface area contributed by atoms with Crippen LogP contribution in [0.25, 0.3) is 0 Å². The number of rotatable bonds is 2. The molecule has 0 aliphatic carbocycles. The van der Waals surface area contributed by atoms with Crippen LogP contribution in [0.2, 0.25) is 5.02 Å². The molecule has 1 aliphatic heterocycles. The first kappa shape index (κ1) is 14.3. The van der Waals surface area contributed by atoms with E-state index >= 15 is 0 Å². The minimum atomic E-state index is -3.48. The Hall–Kier alpha value is -0.100. The fourth-order valence-electron chi connectivity index (χ4n) is 2.09. The highest BCUT2D eigenvalue weighted by Gasteiger charge is 2.37. The number of halogens is 2. The molecule has 0 amide bonds. The summed E-state index contributed by atoms with van der Waals surface area (Å²) < 4.78 is 27.2. The number of nitrogens with zero attached hydrogens (tertiary/aromatic N) is 1. The van der Waals surface area contributed by atoms with Crippen molar-refractivity contribution in [2.24, 2.45) is 5.41 Å². The number of benzene rings is 1. The van der Waals surface area contributed by atoms with Crippen LogP contribution in [-0.2, 0) is 10.0 Å². The summed E-state index contributed by atoms with van der Waals surface area (Å²) in [6.45, 7) is 5.25. The molecule has 0 atom stereocenters. The molecule has 0 saturated carbocycles. The maximum absolute atomic E-state index is 12.5. The van der Waals surface area contributed by atoms with E-state index in [1.165, 1.54) is 4.31 Å². The highest BCUT2D eigenvalue weighted by Crippen LogP contribution is 2.35. The van der Waals surface area contributed by atoms with Gasteiger partial charge in [-0.2, -0.15) is 4.31 Å². The van der Waals surface area contributed by atoms with Gasteiger partial charge in [-0.25, -0.2) is 8.42 Å². The molecule has 1 heterocycles. The molecule has 6 heteroatoms. The lowest BCUT2D eigenvalue weighted by Crippen LogP contribution is -2.30. The van der Waals surface area contributed by atoms with Crippen LogP contribution in [0.5, 0.6) is 0 Å². The zero-order valence-corrected chi connectivity index (χ0v) is 13.4. The van der Waals surface area contributed by atoms with Crippen molar-refractivity contribution in [3.05, 3.63) is 27.7 Å². The standard InChI is InChI=1S/C12H15BrClNO2S/c1-12(2)5-6-15(8-12)18(16,17)11-4-3-9(13)7-10(11)14/h3-4,7H,5-6,8H2,1-2H3. The molecule has 1 aromatic rings. The molecule has 0 N–H and O–H groups in total. The molecule has 0 bridgehead atoms. The Morgan fingerprint density at radius 1 is 1.39 bits per heavy atom. The monoisotopic (exact) mass is 351 g/mol. The third-order valence-electron chi connectivity index (χ3n) is 3.15. The van der Waals surface area contributed by atoms with Gasteiger partial charge in [0.05, 0.1) is 5.02 Å². The maximum Gasteiger partial charge on any atom is 0.244 e. The van der Waals surface area contributed by atoms with Gasteiger partial charge in [0.15, 0.2) is 0 Å². The Labute approximate surface area is 121 Å². The topological polar surface area (TPSA) is 37.4 Å². The molecule has 1 aromatic carbocycles. The van der Waals surface area contributed by atoms with Crippen LogP contribution >= 0.6 is 27.5 Å². The van der Waals surface area contributed by atoms with Gasteiger partial charge in [-0.1, -0.05) is 41.4 Å². The first-order valence-electron chi connectivity index (χ1n) is 5.68. The molecular weight excluding hydrogens is 338 g/mol. The summed E-state index contributed by atoms with van der Waals surface area (Å²) in [5.74, 6) is 0. The average molecular weight is 353 g/mol. The minimum absolute atomic E-state index is 0.0366. The van der Waals surface area contributed by atoms with E-state index in [-0.39, 0.29) is 15.3 Å². The van der Waals surface area contributed by atoms with Crippen molar-refractivity contribution in [2.45, 2.75) is 25.2 Å². The number of hydrogen-bond donors (Lipinski definition) is 0. The normalized spacial score (nSPS) is 20.2. The van der Waals surface area contributed by atoms with Gasteiger partial charge >= 0.3 is 0 Å². The van der Waals surface area contributed by atoms with E-state index in [0.717, 1.165) is 10.9 Å². The van der Waals surface area contributed by atoms with Crippen molar-refractivity contribution >= 4 is 37.6 Å². The van der Waals surface area contributed by atoms with Gasteiger partial charge in [-0.3, -0.25) is 0 Å². The number of hydrogen-bond acceptors (Lipinski definition) is 2. The quantitative estimate of drug-likeness (QED) is 0.816. The lowest BCUT2D eigenvalue weighted by molar-refractivity contribution is 0.375. The van der Waals surface area contributed by atoms with E-state index in [9.17, 15) is 8.42 Å². The molecule has 18 heavy (non-hydrogen) atoms. The van der Waals surface area contributed by atoms with Gasteiger partial charge in [0.2, 0.25) is 10.0 Å². The van der Waals surface area contributed by atoms with Crippen molar-refractivity contribution in [1.82, 2.24) is 4.31 Å². The van der Waals surface area contributed by atoms with Gasteiger partial charge < -0.3 is 0 Å². The van der Waals surface area contributed by atoms with Crippen LogP contribution < -0.4 is 0 Å². The Morgan fingerprint density at radius 3 is 2.56 bits per heavy atom. The van der Waals surface area contributed by atoms with Crippen LogP contribution in [0, 0.1) is 5.41 Å². The fourth-order valence-corrected chi connectivity index (χ4v) is 4.73. The highest BCUT2D eigenvalue weighted by atomic mass is 79.9. The molecular formula is C12H15BrClNO2S. The second-order valence-corrected chi connectivity index (χ2v) is 8.56. The molecule has 0 aromatic heterocycles. The Bertz CT molecular complexity index is 571. The second-order valence-electron chi connectivity index (χ2n) is 5.33. The summed E-state index contributed by atoms with van der Waals surface area (Å²) in [7, 11) is -3.48. The van der Waals surface area contributed by atoms with Gasteiger partial charge in [0, 0.05) is 17.6 Å². The van der Waals surface area contributed by atoms with E-state index in [0.29, 0.717) is 13.1 Å². The summed E-state index contributed by atoms with van der Waals surface area (Å²) in [6, 6.07) is 4.85. The van der Waals surface area contributed by atoms with Crippen molar-refractivity contribution in [3.63, 3.8) is 0 Å². The summed E-state index contributed by atoms with van der Waals surface area (Å²) in [4.78, 5) is 0.185. The zero-order chi connectivity index (χ0) is 13.6. The van der Waals surface area contributed by atoms with Crippen molar-refractivity contribution in [3.8, 4) is 0 Å². The molecule has 2 rings (SSSR count). The van der Waals surface area contributed by atoms with Crippen molar-refractivity contribution in [2.75, 3.05) is 13.1 Å². The van der Waals surface area contributed by atoms with Crippen LogP contribution in [0.4, 0.5) is 0 Å². The van der Waals surface area contributed by atoms with Crippen LogP contribution in [0.15, 0.2) is 27.6 Å². The summed E-state index contributed by atoms with van der Waals surface area (Å²) >= 11 is 9.30. The SMILES string of the molecule is CC1(C)CCN(S(=O)(=O)c2ccc(Br)cc2Cl)C1. The van der Waals surface area contributed by atoms with E-state index in [1.807, 2.05) is 0 Å². The van der Waals surface area contributed by atoms with Gasteiger partial charge in [0.25, 0.3) is 0 Å². The van der Waals surface area contributed by atoms with E-state index in [1.54, 1.807) is 18.2 Å². The summed E-state index contributed by atoms with van der Waals surface area (Å²) in [5.41, 5.74) is 0.0366. The van der Waals surface area contributed by atoms with Gasteiger partial charge in [-0.15, -0.1) is 0 Å². The second kappa shape index (κ2) is 4.78. The Morgan fingerprint density at radius 2 is 2.06 bits per heavy atom. The van der Waals surface area contributed by atoms with E-state index in [4.69, 9.17) is 11.6 Å². The van der Waals surface area contributed by atoms with E-state index in [2.05, 4.69) is 29.8 Å². The predicted octanol–water partition coefficient (Wildman–Crippen LogP) is 3.52. The lowest BCUT2D eigenvalue weighted by atomic mass is 9.93. The Kier molecular flexibility index (Phi) is 3.80. The molecule has 0 spiro atoms. The molecule has 1 saturated heterocycles. The zero-order valence-electron chi connectivity index (χ0n) is 10.3. The Balaban J connectivity index is 2.38. The van der Waals surface area contributed by atoms with Crippen molar-refractivity contribution < 1.29 is 8.42 Å².